The summed E-state index contributed by atoms with van der Waals surface area (Å²) in [6.45, 7) is 5.54. The average molecular weight is 430 g/mol. The number of nitrogens with zero attached hydrogens (tertiary/aromatic N) is 2. The Morgan fingerprint density at radius 2 is 1.55 bits per heavy atom. The van der Waals surface area contributed by atoms with Crippen LogP contribution in [-0.2, 0) is 20.5 Å². The van der Waals surface area contributed by atoms with E-state index in [0.717, 1.165) is 40.3 Å². The summed E-state index contributed by atoms with van der Waals surface area (Å²) in [4.78, 5) is 29.6. The van der Waals surface area contributed by atoms with Gasteiger partial charge in [0.25, 0.3) is 11.8 Å². The largest absolute Gasteiger partial charge is 0.416 e. The number of aryl methyl sites for hydroxylation is 2. The molecule has 0 radical (unpaired) electrons. The summed E-state index contributed by atoms with van der Waals surface area (Å²) >= 11 is 0. The zero-order valence-electron chi connectivity index (χ0n) is 17.1. The monoisotopic (exact) mass is 430 g/mol. The van der Waals surface area contributed by atoms with Crippen LogP contribution in [0.25, 0.3) is 5.57 Å². The molecule has 2 amide bonds. The molecule has 0 bridgehead atoms. The number of amides is 2. The molecule has 1 fully saturated rings. The number of carbonyl (C=O) groups is 2. The lowest BCUT2D eigenvalue weighted by Crippen LogP contribution is -2.40. The van der Waals surface area contributed by atoms with Crippen molar-refractivity contribution < 1.29 is 27.5 Å². The van der Waals surface area contributed by atoms with Gasteiger partial charge in [-0.3, -0.25) is 9.59 Å². The van der Waals surface area contributed by atoms with E-state index < -0.39 is 23.6 Å². The van der Waals surface area contributed by atoms with Crippen molar-refractivity contribution in [3.8, 4) is 0 Å². The second-order valence-electron chi connectivity index (χ2n) is 7.63. The Kier molecular flexibility index (Phi) is 5.35. The summed E-state index contributed by atoms with van der Waals surface area (Å²) in [5, 5.41) is 0. The molecule has 2 aromatic carbocycles. The highest BCUT2D eigenvalue weighted by atomic mass is 19.4. The van der Waals surface area contributed by atoms with Gasteiger partial charge in [-0.15, -0.1) is 0 Å². The summed E-state index contributed by atoms with van der Waals surface area (Å²) in [6, 6.07) is 9.66. The molecule has 0 spiro atoms. The van der Waals surface area contributed by atoms with Gasteiger partial charge in [-0.2, -0.15) is 13.2 Å². The van der Waals surface area contributed by atoms with Crippen LogP contribution in [0.4, 0.5) is 18.9 Å². The first kappa shape index (κ1) is 21.1. The standard InChI is InChI=1S/C23H21F3N2O3/c1-14-3-8-18(15(2)13-14)19-20(27-9-11-31-12-10-27)22(30)28(21(19)29)17-6-4-16(5-7-17)23(24,25)26/h3-8,13H,9-12H2,1-2H3. The molecule has 2 aliphatic heterocycles. The average Bonchev–Trinajstić information content (AvgIpc) is 2.98. The molecule has 0 aliphatic carbocycles. The Hall–Kier alpha value is -3.13. The lowest BCUT2D eigenvalue weighted by Gasteiger charge is -2.29. The van der Waals surface area contributed by atoms with Gasteiger partial charge in [0.05, 0.1) is 30.0 Å². The number of hydrogen-bond donors (Lipinski definition) is 0. The predicted molar refractivity (Wildman–Crippen MR) is 109 cm³/mol. The Balaban J connectivity index is 1.80. The first-order valence-electron chi connectivity index (χ1n) is 9.89. The highest BCUT2D eigenvalue weighted by Crippen LogP contribution is 2.37. The third kappa shape index (κ3) is 3.83. The van der Waals surface area contributed by atoms with Crippen LogP contribution in [0.15, 0.2) is 48.2 Å². The van der Waals surface area contributed by atoms with Gasteiger partial charge in [0.1, 0.15) is 5.70 Å². The van der Waals surface area contributed by atoms with Gasteiger partial charge >= 0.3 is 6.18 Å². The van der Waals surface area contributed by atoms with Crippen LogP contribution in [-0.4, -0.2) is 43.0 Å². The van der Waals surface area contributed by atoms with Crippen molar-refractivity contribution >= 4 is 23.1 Å². The Bertz CT molecular complexity index is 1070. The van der Waals surface area contributed by atoms with Crippen molar-refractivity contribution in [2.75, 3.05) is 31.2 Å². The minimum atomic E-state index is -4.50. The molecule has 4 rings (SSSR count). The Morgan fingerprint density at radius 1 is 0.903 bits per heavy atom. The smallest absolute Gasteiger partial charge is 0.378 e. The van der Waals surface area contributed by atoms with Crippen LogP contribution in [0.5, 0.6) is 0 Å². The molecule has 0 N–H and O–H groups in total. The minimum absolute atomic E-state index is 0.105. The van der Waals surface area contributed by atoms with E-state index in [9.17, 15) is 22.8 Å². The lowest BCUT2D eigenvalue weighted by atomic mass is 9.97. The normalized spacial score (nSPS) is 17.7. The quantitative estimate of drug-likeness (QED) is 0.693. The molecule has 0 atom stereocenters. The third-order valence-electron chi connectivity index (χ3n) is 5.49. The van der Waals surface area contributed by atoms with Crippen molar-refractivity contribution in [2.24, 2.45) is 0 Å². The lowest BCUT2D eigenvalue weighted by molar-refractivity contribution is -0.137. The molecule has 2 heterocycles. The molecular weight excluding hydrogens is 409 g/mol. The van der Waals surface area contributed by atoms with E-state index in [1.165, 1.54) is 0 Å². The molecule has 5 nitrogen and oxygen atoms in total. The fourth-order valence-corrected chi connectivity index (χ4v) is 3.97. The molecule has 162 valence electrons. The second-order valence-corrected chi connectivity index (χ2v) is 7.63. The van der Waals surface area contributed by atoms with Crippen molar-refractivity contribution in [3.05, 3.63) is 70.4 Å². The number of hydrogen-bond acceptors (Lipinski definition) is 4. The number of alkyl halides is 3. The van der Waals surface area contributed by atoms with Crippen molar-refractivity contribution in [2.45, 2.75) is 20.0 Å². The summed E-state index contributed by atoms with van der Waals surface area (Å²) in [7, 11) is 0. The van der Waals surface area contributed by atoms with Crippen LogP contribution in [0.1, 0.15) is 22.3 Å². The van der Waals surface area contributed by atoms with E-state index in [1.54, 1.807) is 0 Å². The van der Waals surface area contributed by atoms with Crippen LogP contribution in [0.3, 0.4) is 0 Å². The predicted octanol–water partition coefficient (Wildman–Crippen LogP) is 3.94. The number of rotatable bonds is 3. The number of morpholine rings is 1. The molecule has 1 saturated heterocycles. The fourth-order valence-electron chi connectivity index (χ4n) is 3.97. The van der Waals surface area contributed by atoms with Crippen LogP contribution < -0.4 is 4.90 Å². The van der Waals surface area contributed by atoms with E-state index in [4.69, 9.17) is 4.74 Å². The summed E-state index contributed by atoms with van der Waals surface area (Å²) in [5.41, 5.74) is 2.30. The highest BCUT2D eigenvalue weighted by Gasteiger charge is 2.43. The highest BCUT2D eigenvalue weighted by molar-refractivity contribution is 6.45. The van der Waals surface area contributed by atoms with Crippen LogP contribution in [0.2, 0.25) is 0 Å². The number of anilines is 1. The van der Waals surface area contributed by atoms with Gasteiger partial charge in [0, 0.05) is 13.1 Å². The molecule has 0 saturated carbocycles. The maximum Gasteiger partial charge on any atom is 0.416 e. The molecule has 0 unspecified atom stereocenters. The summed E-state index contributed by atoms with van der Waals surface area (Å²) in [5.74, 6) is -1.08. The molecule has 31 heavy (non-hydrogen) atoms. The number of ether oxygens (including phenoxy) is 1. The first-order valence-corrected chi connectivity index (χ1v) is 9.89. The topological polar surface area (TPSA) is 49.9 Å². The van der Waals surface area contributed by atoms with Crippen molar-refractivity contribution in [1.82, 2.24) is 4.90 Å². The maximum atomic E-state index is 13.5. The maximum absolute atomic E-state index is 13.5. The van der Waals surface area contributed by atoms with Gasteiger partial charge in [0.15, 0.2) is 0 Å². The zero-order chi connectivity index (χ0) is 22.3. The SMILES string of the molecule is Cc1ccc(C2=C(N3CCOCC3)C(=O)N(c3ccc(C(F)(F)F)cc3)C2=O)c(C)c1. The molecule has 2 aromatic rings. The number of benzene rings is 2. The molecular formula is C23H21F3N2O3. The second kappa shape index (κ2) is 7.85. The number of imide groups is 1. The summed E-state index contributed by atoms with van der Waals surface area (Å²) in [6.07, 6.45) is -4.50. The van der Waals surface area contributed by atoms with Crippen LogP contribution >= 0.6 is 0 Å². The van der Waals surface area contributed by atoms with Gasteiger partial charge in [0.2, 0.25) is 0 Å². The van der Waals surface area contributed by atoms with Gasteiger partial charge in [-0.1, -0.05) is 23.8 Å². The molecule has 2 aliphatic rings. The van der Waals surface area contributed by atoms with E-state index in [-0.39, 0.29) is 17.0 Å². The first-order chi connectivity index (χ1) is 14.7. The Morgan fingerprint density at radius 3 is 2.13 bits per heavy atom. The molecule has 8 heteroatoms. The number of halogens is 3. The Labute approximate surface area is 177 Å². The fraction of sp³-hybridized carbons (Fsp3) is 0.304. The summed E-state index contributed by atoms with van der Waals surface area (Å²) < 4.78 is 44.2. The minimum Gasteiger partial charge on any atom is -0.378 e. The zero-order valence-corrected chi connectivity index (χ0v) is 17.1. The van der Waals surface area contributed by atoms with E-state index in [2.05, 4.69) is 0 Å². The van der Waals surface area contributed by atoms with Gasteiger partial charge in [-0.25, -0.2) is 4.90 Å². The van der Waals surface area contributed by atoms with Gasteiger partial charge < -0.3 is 9.64 Å². The van der Waals surface area contributed by atoms with Crippen molar-refractivity contribution in [1.29, 1.82) is 0 Å². The number of carbonyl (C=O) groups excluding carboxylic acids is 2. The molecule has 0 aromatic heterocycles. The third-order valence-corrected chi connectivity index (χ3v) is 5.49. The van der Waals surface area contributed by atoms with E-state index in [1.807, 2.05) is 36.9 Å². The van der Waals surface area contributed by atoms with E-state index >= 15 is 0 Å². The van der Waals surface area contributed by atoms with Crippen molar-refractivity contribution in [3.63, 3.8) is 0 Å². The van der Waals surface area contributed by atoms with Crippen LogP contribution in [0, 0.1) is 13.8 Å². The van der Waals surface area contributed by atoms with Gasteiger partial charge in [-0.05, 0) is 49.2 Å². The van der Waals surface area contributed by atoms with E-state index in [0.29, 0.717) is 31.9 Å².